The van der Waals surface area contributed by atoms with Crippen LogP contribution in [0, 0.1) is 31.0 Å². The molecular weight excluding hydrogens is 481 g/mol. The fourth-order valence-corrected chi connectivity index (χ4v) is 4.59. The first-order valence-corrected chi connectivity index (χ1v) is 11.2. The van der Waals surface area contributed by atoms with Crippen LogP contribution >= 0.6 is 0 Å². The molecule has 2 N–H and O–H groups in total. The number of carbonyl (C=O) groups excluding carboxylic acids is 1. The zero-order chi connectivity index (χ0) is 27.0. The molecule has 0 saturated carbocycles. The number of anilines is 1. The summed E-state index contributed by atoms with van der Waals surface area (Å²) < 4.78 is 22.0. The van der Waals surface area contributed by atoms with Gasteiger partial charge in [-0.05, 0) is 37.6 Å². The molecule has 0 unspecified atom stereocenters. The number of nitriles is 1. The number of nitrogens with one attached hydrogen (secondary N) is 1. The van der Waals surface area contributed by atoms with Crippen molar-refractivity contribution in [2.24, 2.45) is 14.1 Å². The average molecular weight is 506 g/mol. The van der Waals surface area contributed by atoms with Gasteiger partial charge in [0.25, 0.3) is 11.5 Å². The van der Waals surface area contributed by atoms with Gasteiger partial charge in [0.2, 0.25) is 5.75 Å². The smallest absolute Gasteiger partial charge is 0.296 e. The zero-order valence-electron chi connectivity index (χ0n) is 20.8. The van der Waals surface area contributed by atoms with Gasteiger partial charge in [-0.3, -0.25) is 18.8 Å². The van der Waals surface area contributed by atoms with E-state index in [0.717, 1.165) is 15.8 Å². The van der Waals surface area contributed by atoms with Crippen molar-refractivity contribution in [3.8, 4) is 11.8 Å². The molecule has 37 heavy (non-hydrogen) atoms. The van der Waals surface area contributed by atoms with E-state index in [4.69, 9.17) is 4.52 Å². The lowest BCUT2D eigenvalue weighted by molar-refractivity contribution is 0.101. The lowest BCUT2D eigenvalue weighted by Gasteiger charge is -2.27. The summed E-state index contributed by atoms with van der Waals surface area (Å²) in [5.41, 5.74) is 1.65. The second-order valence-electron chi connectivity index (χ2n) is 8.72. The summed E-state index contributed by atoms with van der Waals surface area (Å²) in [6.07, 6.45) is 2.42. The van der Waals surface area contributed by atoms with Crippen LogP contribution in [0.25, 0.3) is 0 Å². The molecule has 4 rings (SSSR count). The van der Waals surface area contributed by atoms with Gasteiger partial charge in [0.15, 0.2) is 5.69 Å². The molecule has 0 aliphatic heterocycles. The molecule has 12 heteroatoms. The molecule has 0 fully saturated rings. The summed E-state index contributed by atoms with van der Waals surface area (Å²) in [6, 6.07) is 5.99. The van der Waals surface area contributed by atoms with Gasteiger partial charge in [-0.25, -0.2) is 9.37 Å². The second kappa shape index (κ2) is 9.69. The molecule has 190 valence electrons. The van der Waals surface area contributed by atoms with Gasteiger partial charge in [0, 0.05) is 37.2 Å². The van der Waals surface area contributed by atoms with Gasteiger partial charge in [-0.15, -0.1) is 0 Å². The van der Waals surface area contributed by atoms with Crippen molar-refractivity contribution in [1.82, 2.24) is 24.5 Å². The van der Waals surface area contributed by atoms with Crippen molar-refractivity contribution in [1.29, 1.82) is 5.26 Å². The molecule has 1 aromatic carbocycles. The number of halogens is 1. The van der Waals surface area contributed by atoms with Crippen molar-refractivity contribution >= 4 is 11.6 Å². The maximum Gasteiger partial charge on any atom is 0.296 e. The van der Waals surface area contributed by atoms with Crippen molar-refractivity contribution < 1.29 is 18.8 Å². The Morgan fingerprint density at radius 3 is 2.62 bits per heavy atom. The topological polar surface area (TPSA) is 152 Å². The van der Waals surface area contributed by atoms with E-state index in [-0.39, 0.29) is 17.1 Å². The Balaban J connectivity index is 1.94. The molecule has 0 saturated heterocycles. The van der Waals surface area contributed by atoms with E-state index in [0.29, 0.717) is 11.3 Å². The number of rotatable bonds is 6. The van der Waals surface area contributed by atoms with Gasteiger partial charge in [-0.1, -0.05) is 12.1 Å². The number of hydrogen-bond donors (Lipinski definition) is 2. The highest BCUT2D eigenvalue weighted by Gasteiger charge is 2.34. The number of aryl methyl sites for hydroxylation is 2. The summed E-state index contributed by atoms with van der Waals surface area (Å²) in [4.78, 5) is 30.2. The van der Waals surface area contributed by atoms with Crippen LogP contribution < -0.4 is 10.9 Å². The van der Waals surface area contributed by atoms with Gasteiger partial charge in [0.1, 0.15) is 23.6 Å². The Bertz CT molecular complexity index is 1600. The number of aromatic hydroxyl groups is 1. The number of aromatic nitrogens is 5. The van der Waals surface area contributed by atoms with Crippen molar-refractivity contribution in [3.05, 3.63) is 86.4 Å². The van der Waals surface area contributed by atoms with Crippen LogP contribution in [0.15, 0.2) is 40.0 Å². The molecule has 0 spiro atoms. The van der Waals surface area contributed by atoms with E-state index < -0.39 is 40.6 Å². The minimum absolute atomic E-state index is 0.138. The highest BCUT2D eigenvalue weighted by Crippen LogP contribution is 2.42. The largest absolute Gasteiger partial charge is 0.501 e. The summed E-state index contributed by atoms with van der Waals surface area (Å²) >= 11 is 0. The quantitative estimate of drug-likeness (QED) is 0.406. The van der Waals surface area contributed by atoms with Crippen molar-refractivity contribution in [2.45, 2.75) is 32.6 Å². The van der Waals surface area contributed by atoms with E-state index >= 15 is 0 Å². The molecule has 1 amide bonds. The molecule has 0 bridgehead atoms. The van der Waals surface area contributed by atoms with Crippen LogP contribution in [0.1, 0.15) is 63.2 Å². The highest BCUT2D eigenvalue weighted by molar-refractivity contribution is 6.04. The van der Waals surface area contributed by atoms with Gasteiger partial charge >= 0.3 is 0 Å². The molecule has 3 heterocycles. The summed E-state index contributed by atoms with van der Waals surface area (Å²) in [7, 11) is 3.19. The molecule has 11 nitrogen and oxygen atoms in total. The first-order valence-electron chi connectivity index (χ1n) is 11.2. The second-order valence-corrected chi connectivity index (χ2v) is 8.72. The van der Waals surface area contributed by atoms with E-state index in [2.05, 4.69) is 26.6 Å². The number of carbonyl (C=O) groups is 1. The van der Waals surface area contributed by atoms with Crippen LogP contribution in [-0.4, -0.2) is 35.5 Å². The van der Waals surface area contributed by atoms with Crippen LogP contribution in [0.3, 0.4) is 0 Å². The third-order valence-electron chi connectivity index (χ3n) is 6.46. The maximum absolute atomic E-state index is 14.5. The van der Waals surface area contributed by atoms with E-state index in [1.807, 2.05) is 6.92 Å². The fourth-order valence-electron chi connectivity index (χ4n) is 4.59. The van der Waals surface area contributed by atoms with E-state index in [1.54, 1.807) is 25.6 Å². The molecule has 0 aliphatic carbocycles. The average Bonchev–Trinajstić information content (AvgIpc) is 3.46. The maximum atomic E-state index is 14.5. The first kappa shape index (κ1) is 25.3. The lowest BCUT2D eigenvalue weighted by atomic mass is 9.78. The molecule has 4 aromatic rings. The summed E-state index contributed by atoms with van der Waals surface area (Å²) in [5, 5.41) is 30.7. The highest BCUT2D eigenvalue weighted by atomic mass is 19.1. The Morgan fingerprint density at radius 2 is 2.03 bits per heavy atom. The van der Waals surface area contributed by atoms with Crippen LogP contribution in [0.2, 0.25) is 0 Å². The molecule has 0 aliphatic rings. The normalized spacial score (nSPS) is 12.7. The van der Waals surface area contributed by atoms with Crippen molar-refractivity contribution in [2.75, 3.05) is 5.32 Å². The van der Waals surface area contributed by atoms with Crippen LogP contribution in [0.5, 0.6) is 5.75 Å². The standard InChI is InChI=1S/C25H24FN7O4/c1-12(23-30-21(22(34)25(36)32(23)4)24(35)29-17-10-28-37-11-17)19(20-13(2)31-33(5)14(20)3)18-8-16(26)7-6-15(18)9-27/h6-8,10-12,19,34H,1-5H3,(H,29,35)/t12-,19+/m1/s1. The first-order chi connectivity index (χ1) is 17.5. The minimum atomic E-state index is -0.847. The fraction of sp³-hybridized carbons (Fsp3) is 0.280. The lowest BCUT2D eigenvalue weighted by Crippen LogP contribution is -2.29. The molecule has 3 aromatic heterocycles. The van der Waals surface area contributed by atoms with Crippen LogP contribution in [0.4, 0.5) is 10.1 Å². The monoisotopic (exact) mass is 505 g/mol. The van der Waals surface area contributed by atoms with E-state index in [1.165, 1.54) is 37.7 Å². The predicted molar refractivity (Wildman–Crippen MR) is 130 cm³/mol. The summed E-state index contributed by atoms with van der Waals surface area (Å²) in [6.45, 7) is 5.40. The number of benzene rings is 1. The third kappa shape index (κ3) is 4.47. The number of nitrogens with zero attached hydrogens (tertiary/aromatic N) is 6. The Labute approximate surface area is 210 Å². The molecule has 0 radical (unpaired) electrons. The third-order valence-corrected chi connectivity index (χ3v) is 6.46. The molecular formula is C25H24FN7O4. The predicted octanol–water partition coefficient (Wildman–Crippen LogP) is 3.02. The summed E-state index contributed by atoms with van der Waals surface area (Å²) in [5.74, 6) is -3.42. The van der Waals surface area contributed by atoms with Gasteiger partial charge < -0.3 is 14.9 Å². The Kier molecular flexibility index (Phi) is 6.63. The Morgan fingerprint density at radius 1 is 1.30 bits per heavy atom. The van der Waals surface area contributed by atoms with Crippen LogP contribution in [-0.2, 0) is 14.1 Å². The van der Waals surface area contributed by atoms with E-state index in [9.17, 15) is 24.3 Å². The zero-order valence-corrected chi connectivity index (χ0v) is 20.8. The van der Waals surface area contributed by atoms with Crippen molar-refractivity contribution in [3.63, 3.8) is 0 Å². The van der Waals surface area contributed by atoms with Gasteiger partial charge in [0.05, 0.1) is 23.5 Å². The van der Waals surface area contributed by atoms with Gasteiger partial charge in [-0.2, -0.15) is 10.4 Å². The minimum Gasteiger partial charge on any atom is -0.501 e. The molecule has 2 atom stereocenters. The SMILES string of the molecule is Cc1nn(C)c(C)c1[C@H](c1cc(F)ccc1C#N)[C@@H](C)c1nc(C(=O)Nc2cnoc2)c(O)c(=O)n1C. The number of amides is 1. The number of hydrogen-bond acceptors (Lipinski definition) is 8. The Hall–Kier alpha value is -4.79.